The Hall–Kier alpha value is -6.18. The van der Waals surface area contributed by atoms with Crippen LogP contribution in [-0.4, -0.2) is 0 Å². The molecular weight excluding hydrogens is 603 g/mol. The molecule has 0 N–H and O–H groups in total. The van der Waals surface area contributed by atoms with Crippen molar-refractivity contribution in [1.82, 2.24) is 0 Å². The van der Waals surface area contributed by atoms with Crippen LogP contribution in [-0.2, 0) is 5.41 Å². The third-order valence-corrected chi connectivity index (χ3v) is 10.5. The van der Waals surface area contributed by atoms with Crippen molar-refractivity contribution in [3.8, 4) is 44.5 Å². The fourth-order valence-corrected chi connectivity index (χ4v) is 8.01. The highest BCUT2D eigenvalue weighted by Gasteiger charge is 2.37. The normalized spacial score (nSPS) is 12.8. The van der Waals surface area contributed by atoms with Gasteiger partial charge in [0.05, 0.1) is 5.69 Å². The van der Waals surface area contributed by atoms with Crippen molar-refractivity contribution in [3.63, 3.8) is 0 Å². The SMILES string of the molecule is CC1(C)c2ccccc2-c2c(-c3cc(-c4ccccc4)ccc3N(c3ccccc3)c3ccc(-c4cccc5ccccc45)cc3)cccc21. The Morgan fingerprint density at radius 1 is 0.380 bits per heavy atom. The lowest BCUT2D eigenvalue weighted by atomic mass is 9.82. The van der Waals surface area contributed by atoms with Gasteiger partial charge in [0.25, 0.3) is 0 Å². The minimum Gasteiger partial charge on any atom is -0.310 e. The molecule has 0 saturated carbocycles. The smallest absolute Gasteiger partial charge is 0.0540 e. The maximum absolute atomic E-state index is 2.42. The van der Waals surface area contributed by atoms with Gasteiger partial charge in [-0.05, 0) is 97.2 Å². The summed E-state index contributed by atoms with van der Waals surface area (Å²) in [5.41, 5.74) is 16.0. The maximum Gasteiger partial charge on any atom is 0.0540 e. The summed E-state index contributed by atoms with van der Waals surface area (Å²) >= 11 is 0. The Morgan fingerprint density at radius 3 is 1.78 bits per heavy atom. The van der Waals surface area contributed by atoms with Crippen LogP contribution >= 0.6 is 0 Å². The lowest BCUT2D eigenvalue weighted by molar-refractivity contribution is 0.660. The van der Waals surface area contributed by atoms with Gasteiger partial charge in [0.2, 0.25) is 0 Å². The molecule has 0 atom stereocenters. The number of benzene rings is 8. The molecule has 0 amide bonds. The summed E-state index contributed by atoms with van der Waals surface area (Å²) in [6.07, 6.45) is 0. The topological polar surface area (TPSA) is 3.24 Å². The maximum atomic E-state index is 2.42. The highest BCUT2D eigenvalue weighted by molar-refractivity contribution is 6.00. The van der Waals surface area contributed by atoms with Crippen molar-refractivity contribution >= 4 is 27.8 Å². The van der Waals surface area contributed by atoms with Crippen LogP contribution in [0.4, 0.5) is 17.1 Å². The summed E-state index contributed by atoms with van der Waals surface area (Å²) in [6.45, 7) is 4.72. The Kier molecular flexibility index (Phi) is 7.21. The molecule has 8 aromatic rings. The van der Waals surface area contributed by atoms with E-state index in [-0.39, 0.29) is 5.41 Å². The molecule has 0 saturated heterocycles. The monoisotopic (exact) mass is 639 g/mol. The molecule has 8 aromatic carbocycles. The first-order valence-corrected chi connectivity index (χ1v) is 17.4. The fraction of sp³-hybridized carbons (Fsp3) is 0.0612. The van der Waals surface area contributed by atoms with E-state index in [1.807, 2.05) is 0 Å². The second-order valence-electron chi connectivity index (χ2n) is 13.7. The molecule has 0 aromatic heterocycles. The van der Waals surface area contributed by atoms with E-state index in [1.54, 1.807) is 0 Å². The summed E-state index contributed by atoms with van der Waals surface area (Å²) in [5.74, 6) is 0. The lowest BCUT2D eigenvalue weighted by Gasteiger charge is -2.29. The number of anilines is 3. The number of nitrogens with zero attached hydrogens (tertiary/aromatic N) is 1. The molecule has 0 unspecified atom stereocenters. The lowest BCUT2D eigenvalue weighted by Crippen LogP contribution is -2.15. The van der Waals surface area contributed by atoms with Crippen molar-refractivity contribution in [2.24, 2.45) is 0 Å². The number of para-hydroxylation sites is 1. The molecule has 50 heavy (non-hydrogen) atoms. The Balaban J connectivity index is 1.27. The molecular formula is C49H37N. The van der Waals surface area contributed by atoms with Crippen LogP contribution in [0.1, 0.15) is 25.0 Å². The third-order valence-electron chi connectivity index (χ3n) is 10.5. The van der Waals surface area contributed by atoms with Crippen molar-refractivity contribution in [2.45, 2.75) is 19.3 Å². The highest BCUT2D eigenvalue weighted by Crippen LogP contribution is 2.54. The van der Waals surface area contributed by atoms with Crippen LogP contribution < -0.4 is 4.90 Å². The quantitative estimate of drug-likeness (QED) is 0.175. The van der Waals surface area contributed by atoms with Crippen molar-refractivity contribution in [2.75, 3.05) is 4.90 Å². The van der Waals surface area contributed by atoms with Crippen LogP contribution in [0.2, 0.25) is 0 Å². The first-order valence-electron chi connectivity index (χ1n) is 17.4. The zero-order chi connectivity index (χ0) is 33.7. The molecule has 0 spiro atoms. The van der Waals surface area contributed by atoms with E-state index in [2.05, 4.69) is 207 Å². The fourth-order valence-electron chi connectivity index (χ4n) is 8.01. The summed E-state index contributed by atoms with van der Waals surface area (Å²) in [7, 11) is 0. The van der Waals surface area contributed by atoms with Crippen molar-refractivity contribution < 1.29 is 0 Å². The molecule has 238 valence electrons. The van der Waals surface area contributed by atoms with Crippen LogP contribution in [0.5, 0.6) is 0 Å². The third kappa shape index (κ3) is 4.94. The van der Waals surface area contributed by atoms with E-state index in [4.69, 9.17) is 0 Å². The van der Waals surface area contributed by atoms with Crippen molar-refractivity contribution in [1.29, 1.82) is 0 Å². The van der Waals surface area contributed by atoms with E-state index in [9.17, 15) is 0 Å². The Labute approximate surface area is 294 Å². The van der Waals surface area contributed by atoms with Gasteiger partial charge in [0.1, 0.15) is 0 Å². The number of fused-ring (bicyclic) bond motifs is 4. The predicted octanol–water partition coefficient (Wildman–Crippen LogP) is 13.6. The van der Waals surface area contributed by atoms with Crippen LogP contribution in [0.15, 0.2) is 188 Å². The van der Waals surface area contributed by atoms with Crippen LogP contribution in [0.3, 0.4) is 0 Å². The molecule has 1 nitrogen and oxygen atoms in total. The first kappa shape index (κ1) is 29.9. The standard InChI is InChI=1S/C49H37N/c1-49(2)45-25-12-11-22-43(45)48-42(24-14-26-46(48)49)44-33-37(34-15-5-3-6-16-34)29-32-47(44)50(38-19-7-4-8-20-38)39-30-27-36(28-31-39)41-23-13-18-35-17-9-10-21-40(35)41/h3-33H,1-2H3. The molecule has 0 heterocycles. The molecule has 1 aliphatic carbocycles. The first-order chi connectivity index (χ1) is 24.6. The van der Waals surface area contributed by atoms with Crippen LogP contribution in [0, 0.1) is 0 Å². The average molecular weight is 640 g/mol. The Bertz CT molecular complexity index is 2490. The van der Waals surface area contributed by atoms with Gasteiger partial charge in [-0.1, -0.05) is 166 Å². The number of rotatable bonds is 6. The van der Waals surface area contributed by atoms with Gasteiger partial charge in [-0.25, -0.2) is 0 Å². The molecule has 0 radical (unpaired) electrons. The molecule has 1 aliphatic rings. The summed E-state index contributed by atoms with van der Waals surface area (Å²) < 4.78 is 0. The summed E-state index contributed by atoms with van der Waals surface area (Å²) in [5, 5.41) is 2.52. The van der Waals surface area contributed by atoms with Gasteiger partial charge in [0, 0.05) is 22.4 Å². The molecule has 0 aliphatic heterocycles. The predicted molar refractivity (Wildman–Crippen MR) is 213 cm³/mol. The van der Waals surface area contributed by atoms with Gasteiger partial charge < -0.3 is 4.90 Å². The summed E-state index contributed by atoms with van der Waals surface area (Å²) in [6, 6.07) is 68.6. The summed E-state index contributed by atoms with van der Waals surface area (Å²) in [4.78, 5) is 2.42. The zero-order valence-corrected chi connectivity index (χ0v) is 28.3. The van der Waals surface area contributed by atoms with Gasteiger partial charge in [-0.2, -0.15) is 0 Å². The van der Waals surface area contributed by atoms with E-state index in [0.717, 1.165) is 17.1 Å². The second-order valence-corrected chi connectivity index (χ2v) is 13.7. The minimum atomic E-state index is -0.0876. The number of hydrogen-bond acceptors (Lipinski definition) is 1. The molecule has 9 rings (SSSR count). The second kappa shape index (κ2) is 12.1. The van der Waals surface area contributed by atoms with Crippen LogP contribution in [0.25, 0.3) is 55.3 Å². The number of hydrogen-bond donors (Lipinski definition) is 0. The molecule has 0 bridgehead atoms. The van der Waals surface area contributed by atoms with E-state index < -0.39 is 0 Å². The average Bonchev–Trinajstić information content (AvgIpc) is 3.42. The van der Waals surface area contributed by atoms with E-state index in [0.29, 0.717) is 0 Å². The largest absolute Gasteiger partial charge is 0.310 e. The molecule has 0 fully saturated rings. The molecule has 1 heteroatoms. The zero-order valence-electron chi connectivity index (χ0n) is 28.3. The van der Waals surface area contributed by atoms with Gasteiger partial charge in [-0.3, -0.25) is 0 Å². The van der Waals surface area contributed by atoms with Gasteiger partial charge in [-0.15, -0.1) is 0 Å². The van der Waals surface area contributed by atoms with E-state index >= 15 is 0 Å². The highest BCUT2D eigenvalue weighted by atomic mass is 15.1. The van der Waals surface area contributed by atoms with Gasteiger partial charge in [0.15, 0.2) is 0 Å². The minimum absolute atomic E-state index is 0.0876. The van der Waals surface area contributed by atoms with E-state index in [1.165, 1.54) is 66.4 Å². The Morgan fingerprint density at radius 2 is 0.960 bits per heavy atom. The van der Waals surface area contributed by atoms with Gasteiger partial charge >= 0.3 is 0 Å². The van der Waals surface area contributed by atoms with Crippen molar-refractivity contribution in [3.05, 3.63) is 199 Å².